The molecule has 13 heavy (non-hydrogen) atoms. The topological polar surface area (TPSA) is 43.4 Å². The quantitative estimate of drug-likeness (QED) is 0.390. The van der Waals surface area contributed by atoms with Gasteiger partial charge in [0.25, 0.3) is 10.1 Å². The first kappa shape index (κ1) is 13.3. The highest BCUT2D eigenvalue weighted by atomic mass is 32.2. The van der Waals surface area contributed by atoms with Crippen LogP contribution in [0.15, 0.2) is 0 Å². The maximum Gasteiger partial charge on any atom is 0.267 e. The third-order valence-electron chi connectivity index (χ3n) is 1.56. The summed E-state index contributed by atoms with van der Waals surface area (Å²) < 4.78 is 27.0. The number of rotatable bonds is 8. The van der Waals surface area contributed by atoms with E-state index in [4.69, 9.17) is 4.18 Å². The van der Waals surface area contributed by atoms with Crippen molar-refractivity contribution in [3.05, 3.63) is 0 Å². The standard InChI is InChI=1S/C8H18O3S2/c1-2-3-6-11-13(9,10)8-5-4-7-12/h12H,2-8H2,1H3. The van der Waals surface area contributed by atoms with Crippen LogP contribution in [0.4, 0.5) is 0 Å². The lowest BCUT2D eigenvalue weighted by molar-refractivity contribution is 0.310. The summed E-state index contributed by atoms with van der Waals surface area (Å²) in [7, 11) is -3.26. The van der Waals surface area contributed by atoms with Crippen LogP contribution < -0.4 is 0 Å². The summed E-state index contributed by atoms with van der Waals surface area (Å²) in [6.45, 7) is 2.32. The summed E-state index contributed by atoms with van der Waals surface area (Å²) in [5, 5.41) is 0. The molecule has 0 aliphatic rings. The normalized spacial score (nSPS) is 11.8. The lowest BCUT2D eigenvalue weighted by Crippen LogP contribution is -2.11. The van der Waals surface area contributed by atoms with Gasteiger partial charge in [-0.3, -0.25) is 4.18 Å². The van der Waals surface area contributed by atoms with Gasteiger partial charge in [-0.1, -0.05) is 13.3 Å². The molecule has 0 fully saturated rings. The minimum atomic E-state index is -3.26. The third kappa shape index (κ3) is 8.59. The van der Waals surface area contributed by atoms with Gasteiger partial charge in [0.2, 0.25) is 0 Å². The number of thiol groups is 1. The Morgan fingerprint density at radius 1 is 1.23 bits per heavy atom. The molecule has 0 spiro atoms. The van der Waals surface area contributed by atoms with Crippen molar-refractivity contribution < 1.29 is 12.6 Å². The summed E-state index contributed by atoms with van der Waals surface area (Å²) in [6, 6.07) is 0. The summed E-state index contributed by atoms with van der Waals surface area (Å²) in [6.07, 6.45) is 3.20. The summed E-state index contributed by atoms with van der Waals surface area (Å²) >= 11 is 4.00. The largest absolute Gasteiger partial charge is 0.270 e. The Balaban J connectivity index is 3.55. The van der Waals surface area contributed by atoms with Crippen molar-refractivity contribution in [2.45, 2.75) is 32.6 Å². The molecule has 0 aromatic carbocycles. The highest BCUT2D eigenvalue weighted by molar-refractivity contribution is 7.86. The van der Waals surface area contributed by atoms with Crippen molar-refractivity contribution in [1.82, 2.24) is 0 Å². The molecule has 0 radical (unpaired) electrons. The average molecular weight is 226 g/mol. The van der Waals surface area contributed by atoms with E-state index in [9.17, 15) is 8.42 Å². The zero-order valence-electron chi connectivity index (χ0n) is 8.03. The van der Waals surface area contributed by atoms with Gasteiger partial charge in [-0.2, -0.15) is 21.0 Å². The van der Waals surface area contributed by atoms with Gasteiger partial charge in [-0.25, -0.2) is 0 Å². The fourth-order valence-corrected chi connectivity index (χ4v) is 2.05. The second-order valence-electron chi connectivity index (χ2n) is 2.87. The van der Waals surface area contributed by atoms with E-state index < -0.39 is 10.1 Å². The Bertz CT molecular complexity index is 183. The first-order valence-corrected chi connectivity index (χ1v) is 6.81. The van der Waals surface area contributed by atoms with Gasteiger partial charge in [-0.05, 0) is 25.0 Å². The van der Waals surface area contributed by atoms with Crippen molar-refractivity contribution >= 4 is 22.7 Å². The van der Waals surface area contributed by atoms with Crippen LogP contribution in [-0.4, -0.2) is 26.5 Å². The van der Waals surface area contributed by atoms with Gasteiger partial charge >= 0.3 is 0 Å². The van der Waals surface area contributed by atoms with Crippen LogP contribution >= 0.6 is 12.6 Å². The molecule has 0 N–H and O–H groups in total. The minimum absolute atomic E-state index is 0.122. The van der Waals surface area contributed by atoms with Gasteiger partial charge in [-0.15, -0.1) is 0 Å². The summed E-state index contributed by atoms with van der Waals surface area (Å²) in [4.78, 5) is 0. The van der Waals surface area contributed by atoms with Crippen LogP contribution in [0.25, 0.3) is 0 Å². The Morgan fingerprint density at radius 2 is 1.92 bits per heavy atom. The smallest absolute Gasteiger partial charge is 0.267 e. The molecule has 5 heteroatoms. The Labute approximate surface area is 86.4 Å². The number of hydrogen-bond acceptors (Lipinski definition) is 4. The molecule has 0 heterocycles. The van der Waals surface area contributed by atoms with Crippen LogP contribution in [0.2, 0.25) is 0 Å². The highest BCUT2D eigenvalue weighted by Crippen LogP contribution is 2.01. The lowest BCUT2D eigenvalue weighted by atomic mass is 10.4. The first-order chi connectivity index (χ1) is 6.12. The lowest BCUT2D eigenvalue weighted by Gasteiger charge is -2.03. The highest BCUT2D eigenvalue weighted by Gasteiger charge is 2.09. The predicted octanol–water partition coefficient (Wildman–Crippen LogP) is 1.84. The van der Waals surface area contributed by atoms with Gasteiger partial charge in [0.1, 0.15) is 0 Å². The van der Waals surface area contributed by atoms with Gasteiger partial charge in [0, 0.05) is 0 Å². The molecule has 0 aliphatic carbocycles. The molecule has 0 unspecified atom stereocenters. The van der Waals surface area contributed by atoms with Crippen molar-refractivity contribution in [2.24, 2.45) is 0 Å². The van der Waals surface area contributed by atoms with Gasteiger partial charge in [0.05, 0.1) is 12.4 Å². The van der Waals surface area contributed by atoms with Crippen molar-refractivity contribution in [3.8, 4) is 0 Å². The van der Waals surface area contributed by atoms with E-state index in [-0.39, 0.29) is 5.75 Å². The molecule has 3 nitrogen and oxygen atoms in total. The summed E-state index contributed by atoms with van der Waals surface area (Å²) in [5.41, 5.74) is 0. The van der Waals surface area contributed by atoms with Crippen LogP contribution in [0, 0.1) is 0 Å². The molecular formula is C8H18O3S2. The van der Waals surface area contributed by atoms with Crippen LogP contribution in [0.5, 0.6) is 0 Å². The van der Waals surface area contributed by atoms with E-state index in [1.807, 2.05) is 6.92 Å². The fraction of sp³-hybridized carbons (Fsp3) is 1.00. The maximum absolute atomic E-state index is 11.1. The zero-order valence-corrected chi connectivity index (χ0v) is 9.74. The third-order valence-corrected chi connectivity index (χ3v) is 3.19. The molecule has 0 aliphatic heterocycles. The molecule has 80 valence electrons. The van der Waals surface area contributed by atoms with E-state index in [0.29, 0.717) is 13.0 Å². The van der Waals surface area contributed by atoms with Crippen LogP contribution in [-0.2, 0) is 14.3 Å². The number of unbranched alkanes of at least 4 members (excludes halogenated alkanes) is 2. The predicted molar refractivity (Wildman–Crippen MR) is 57.7 cm³/mol. The van der Waals surface area contributed by atoms with E-state index in [2.05, 4.69) is 12.6 Å². The Hall–Kier alpha value is 0.260. The zero-order chi connectivity index (χ0) is 10.2. The second kappa shape index (κ2) is 7.64. The maximum atomic E-state index is 11.1. The average Bonchev–Trinajstić information content (AvgIpc) is 2.05. The SMILES string of the molecule is CCCCOS(=O)(=O)CCCCS. The minimum Gasteiger partial charge on any atom is -0.270 e. The van der Waals surface area contributed by atoms with E-state index >= 15 is 0 Å². The molecule has 0 rings (SSSR count). The summed E-state index contributed by atoms with van der Waals surface area (Å²) in [5.74, 6) is 0.849. The van der Waals surface area contributed by atoms with E-state index in [1.54, 1.807) is 0 Å². The number of hydrogen-bond donors (Lipinski definition) is 1. The van der Waals surface area contributed by atoms with Gasteiger partial charge < -0.3 is 0 Å². The molecule has 0 saturated carbocycles. The second-order valence-corrected chi connectivity index (χ2v) is 5.07. The first-order valence-electron chi connectivity index (χ1n) is 4.60. The van der Waals surface area contributed by atoms with E-state index in [0.717, 1.165) is 25.0 Å². The van der Waals surface area contributed by atoms with Crippen molar-refractivity contribution in [1.29, 1.82) is 0 Å². The molecule has 0 atom stereocenters. The molecule has 0 saturated heterocycles. The molecule has 0 aromatic rings. The molecule has 0 aromatic heterocycles. The van der Waals surface area contributed by atoms with Crippen LogP contribution in [0.1, 0.15) is 32.6 Å². The van der Waals surface area contributed by atoms with Gasteiger partial charge in [0.15, 0.2) is 0 Å². The Morgan fingerprint density at radius 3 is 2.46 bits per heavy atom. The monoisotopic (exact) mass is 226 g/mol. The molecule has 0 amide bonds. The fourth-order valence-electron chi connectivity index (χ4n) is 0.780. The van der Waals surface area contributed by atoms with Crippen LogP contribution in [0.3, 0.4) is 0 Å². The van der Waals surface area contributed by atoms with Crippen molar-refractivity contribution in [2.75, 3.05) is 18.1 Å². The molecular weight excluding hydrogens is 208 g/mol. The van der Waals surface area contributed by atoms with E-state index in [1.165, 1.54) is 0 Å². The molecule has 0 bridgehead atoms. The van der Waals surface area contributed by atoms with Crippen molar-refractivity contribution in [3.63, 3.8) is 0 Å². The Kier molecular flexibility index (Phi) is 7.80.